The molecule has 0 saturated heterocycles. The summed E-state index contributed by atoms with van der Waals surface area (Å²) in [5.41, 5.74) is 1.73. The summed E-state index contributed by atoms with van der Waals surface area (Å²) in [6.45, 7) is 0.508. The van der Waals surface area contributed by atoms with Crippen LogP contribution in [0, 0.1) is 0 Å². The van der Waals surface area contributed by atoms with Crippen LogP contribution in [0.4, 0.5) is 29.0 Å². The minimum atomic E-state index is 0.450. The fraction of sp³-hybridized carbons (Fsp3) is 0.130. The van der Waals surface area contributed by atoms with Gasteiger partial charge in [0.1, 0.15) is 28.9 Å². The van der Waals surface area contributed by atoms with Crippen molar-refractivity contribution < 1.29 is 13.9 Å². The van der Waals surface area contributed by atoms with Gasteiger partial charge in [-0.2, -0.15) is 9.97 Å². The smallest absolute Gasteiger partial charge is 0.231 e. The van der Waals surface area contributed by atoms with Gasteiger partial charge in [0, 0.05) is 17.4 Å². The number of nitrogens with zero attached hydrogens (tertiary/aromatic N) is 2. The van der Waals surface area contributed by atoms with Gasteiger partial charge in [0.05, 0.1) is 27.0 Å². The van der Waals surface area contributed by atoms with Crippen LogP contribution in [0.5, 0.6) is 11.5 Å². The summed E-state index contributed by atoms with van der Waals surface area (Å²) in [4.78, 5) is 9.17. The minimum Gasteiger partial charge on any atom is -0.497 e. The van der Waals surface area contributed by atoms with Crippen molar-refractivity contribution in [3.8, 4) is 11.5 Å². The second kappa shape index (κ2) is 9.53. The van der Waals surface area contributed by atoms with E-state index in [1.807, 2.05) is 66.7 Å². The lowest BCUT2D eigenvalue weighted by molar-refractivity contribution is 0.415. The summed E-state index contributed by atoms with van der Waals surface area (Å²) in [5.74, 6) is 4.12. The van der Waals surface area contributed by atoms with Crippen molar-refractivity contribution in [1.29, 1.82) is 0 Å². The van der Waals surface area contributed by atoms with Crippen molar-refractivity contribution in [3.05, 3.63) is 78.8 Å². The number of hydrogen-bond acceptors (Lipinski definition) is 8. The van der Waals surface area contributed by atoms with Crippen molar-refractivity contribution in [1.82, 2.24) is 9.97 Å². The van der Waals surface area contributed by atoms with E-state index < -0.39 is 0 Å². The molecule has 2 heterocycles. The van der Waals surface area contributed by atoms with Gasteiger partial charge in [-0.1, -0.05) is 0 Å². The number of benzene rings is 2. The van der Waals surface area contributed by atoms with Gasteiger partial charge < -0.3 is 29.8 Å². The second-order valence-electron chi connectivity index (χ2n) is 6.60. The average Bonchev–Trinajstić information content (AvgIpc) is 3.32. The van der Waals surface area contributed by atoms with Crippen molar-refractivity contribution in [2.75, 3.05) is 30.2 Å². The maximum Gasteiger partial charge on any atom is 0.231 e. The first-order valence-electron chi connectivity index (χ1n) is 9.69. The molecule has 0 fully saturated rings. The van der Waals surface area contributed by atoms with Crippen LogP contribution in [0.25, 0.3) is 0 Å². The van der Waals surface area contributed by atoms with E-state index in [2.05, 4.69) is 25.9 Å². The highest BCUT2D eigenvalue weighted by atomic mass is 16.5. The maximum absolute atomic E-state index is 5.39. The van der Waals surface area contributed by atoms with Crippen LogP contribution >= 0.6 is 0 Å². The van der Waals surface area contributed by atoms with Crippen LogP contribution in [0.1, 0.15) is 5.76 Å². The van der Waals surface area contributed by atoms with Gasteiger partial charge in [-0.3, -0.25) is 0 Å². The second-order valence-corrected chi connectivity index (χ2v) is 6.60. The zero-order chi connectivity index (χ0) is 21.5. The van der Waals surface area contributed by atoms with E-state index in [-0.39, 0.29) is 0 Å². The molecular formula is C23H23N5O3. The SMILES string of the molecule is COc1ccc(Nc2cc(NCc3ccco3)nc(Nc3ccc(OC)cc3)n2)cc1. The van der Waals surface area contributed by atoms with E-state index in [4.69, 9.17) is 13.9 Å². The third kappa shape index (κ3) is 5.45. The van der Waals surface area contributed by atoms with E-state index in [1.54, 1.807) is 20.5 Å². The van der Waals surface area contributed by atoms with E-state index in [9.17, 15) is 0 Å². The molecular weight excluding hydrogens is 394 g/mol. The van der Waals surface area contributed by atoms with Crippen LogP contribution in [0.3, 0.4) is 0 Å². The molecule has 2 aromatic carbocycles. The number of rotatable bonds is 9. The predicted octanol–water partition coefficient (Wildman–Crippen LogP) is 5.19. The van der Waals surface area contributed by atoms with E-state index in [1.165, 1.54) is 0 Å². The summed E-state index contributed by atoms with van der Waals surface area (Å²) in [6.07, 6.45) is 1.64. The Bertz CT molecular complexity index is 1030. The number of nitrogens with one attached hydrogen (secondary N) is 3. The van der Waals surface area contributed by atoms with Crippen LogP contribution in [0.15, 0.2) is 77.4 Å². The number of ether oxygens (including phenoxy) is 2. The first-order valence-corrected chi connectivity index (χ1v) is 9.69. The monoisotopic (exact) mass is 417 g/mol. The molecule has 0 aliphatic carbocycles. The number of furan rings is 1. The predicted molar refractivity (Wildman–Crippen MR) is 121 cm³/mol. The third-order valence-corrected chi connectivity index (χ3v) is 4.46. The van der Waals surface area contributed by atoms with Crippen molar-refractivity contribution in [2.24, 2.45) is 0 Å². The van der Waals surface area contributed by atoms with Gasteiger partial charge in [-0.15, -0.1) is 0 Å². The topological polar surface area (TPSA) is 93.5 Å². The van der Waals surface area contributed by atoms with Crippen molar-refractivity contribution in [2.45, 2.75) is 6.54 Å². The Morgan fingerprint density at radius 2 is 1.39 bits per heavy atom. The molecule has 0 atom stereocenters. The summed E-state index contributed by atoms with van der Waals surface area (Å²) in [6, 6.07) is 20.8. The third-order valence-electron chi connectivity index (χ3n) is 4.46. The molecule has 158 valence electrons. The number of methoxy groups -OCH3 is 2. The Kier molecular flexibility index (Phi) is 6.18. The van der Waals surface area contributed by atoms with E-state index >= 15 is 0 Å². The molecule has 0 amide bonds. The highest BCUT2D eigenvalue weighted by Gasteiger charge is 2.07. The molecule has 0 bridgehead atoms. The molecule has 3 N–H and O–H groups in total. The average molecular weight is 417 g/mol. The molecule has 0 saturated carbocycles. The highest BCUT2D eigenvalue weighted by Crippen LogP contribution is 2.24. The van der Waals surface area contributed by atoms with Crippen LogP contribution in [-0.2, 0) is 6.54 Å². The lowest BCUT2D eigenvalue weighted by Gasteiger charge is -2.13. The van der Waals surface area contributed by atoms with Crippen molar-refractivity contribution >= 4 is 29.0 Å². The Hall–Kier alpha value is -4.20. The highest BCUT2D eigenvalue weighted by molar-refractivity contribution is 5.64. The quantitative estimate of drug-likeness (QED) is 0.343. The fourth-order valence-corrected chi connectivity index (χ4v) is 2.87. The van der Waals surface area contributed by atoms with Gasteiger partial charge in [0.2, 0.25) is 5.95 Å². The number of anilines is 5. The van der Waals surface area contributed by atoms with Gasteiger partial charge in [-0.25, -0.2) is 0 Å². The molecule has 0 unspecified atom stereocenters. The Balaban J connectivity index is 1.56. The lowest BCUT2D eigenvalue weighted by Crippen LogP contribution is -2.06. The normalized spacial score (nSPS) is 10.4. The first kappa shape index (κ1) is 20.1. The first-order chi connectivity index (χ1) is 15.2. The summed E-state index contributed by atoms with van der Waals surface area (Å²) in [5, 5.41) is 9.81. The summed E-state index contributed by atoms with van der Waals surface area (Å²) in [7, 11) is 3.28. The molecule has 2 aromatic heterocycles. The zero-order valence-electron chi connectivity index (χ0n) is 17.3. The molecule has 0 aliphatic heterocycles. The minimum absolute atomic E-state index is 0.450. The van der Waals surface area contributed by atoms with Crippen molar-refractivity contribution in [3.63, 3.8) is 0 Å². The van der Waals surface area contributed by atoms with Gasteiger partial charge >= 0.3 is 0 Å². The molecule has 4 aromatic rings. The molecule has 0 aliphatic rings. The Morgan fingerprint density at radius 3 is 1.97 bits per heavy atom. The molecule has 8 heteroatoms. The van der Waals surface area contributed by atoms with Crippen LogP contribution in [0.2, 0.25) is 0 Å². The molecule has 8 nitrogen and oxygen atoms in total. The van der Waals surface area contributed by atoms with Crippen LogP contribution < -0.4 is 25.4 Å². The van der Waals surface area contributed by atoms with E-state index in [0.29, 0.717) is 24.1 Å². The summed E-state index contributed by atoms with van der Waals surface area (Å²) < 4.78 is 15.8. The Morgan fingerprint density at radius 1 is 0.774 bits per heavy atom. The molecule has 0 spiro atoms. The molecule has 0 radical (unpaired) electrons. The van der Waals surface area contributed by atoms with Gasteiger partial charge in [-0.05, 0) is 60.7 Å². The van der Waals surface area contributed by atoms with Gasteiger partial charge in [0.15, 0.2) is 0 Å². The molecule has 4 rings (SSSR count). The van der Waals surface area contributed by atoms with Crippen LogP contribution in [-0.4, -0.2) is 24.2 Å². The lowest BCUT2D eigenvalue weighted by atomic mass is 10.3. The van der Waals surface area contributed by atoms with E-state index in [0.717, 1.165) is 28.6 Å². The zero-order valence-corrected chi connectivity index (χ0v) is 17.3. The summed E-state index contributed by atoms with van der Waals surface area (Å²) >= 11 is 0. The number of hydrogen-bond donors (Lipinski definition) is 3. The largest absolute Gasteiger partial charge is 0.497 e. The fourth-order valence-electron chi connectivity index (χ4n) is 2.87. The van der Waals surface area contributed by atoms with Gasteiger partial charge in [0.25, 0.3) is 0 Å². The maximum atomic E-state index is 5.39. The standard InChI is InChI=1S/C23H23N5O3/c1-29-18-9-5-16(6-10-18)25-22-14-21(24-15-20-4-3-13-31-20)27-23(28-22)26-17-7-11-19(30-2)12-8-17/h3-14H,15H2,1-2H3,(H3,24,25,26,27,28). The molecule has 31 heavy (non-hydrogen) atoms. The Labute approximate surface area is 180 Å². The number of aromatic nitrogens is 2.